The molecule has 132 valence electrons. The van der Waals surface area contributed by atoms with Crippen molar-refractivity contribution in [3.8, 4) is 5.75 Å². The van der Waals surface area contributed by atoms with E-state index in [-0.39, 0.29) is 18.2 Å². The maximum atomic E-state index is 12.5. The normalized spacial score (nSPS) is 11.6. The summed E-state index contributed by atoms with van der Waals surface area (Å²) in [7, 11) is 0. The van der Waals surface area contributed by atoms with Gasteiger partial charge in [0.25, 0.3) is 0 Å². The molecule has 5 heteroatoms. The molecule has 2 aromatic carbocycles. The third-order valence-electron chi connectivity index (χ3n) is 3.85. The Bertz CT molecular complexity index is 683. The Hall–Kier alpha value is -2.82. The minimum Gasteiger partial charge on any atom is -0.494 e. The fraction of sp³-hybridized carbons (Fsp3) is 0.300. The van der Waals surface area contributed by atoms with Crippen LogP contribution in [0.1, 0.15) is 37.7 Å². The third-order valence-corrected chi connectivity index (χ3v) is 3.85. The van der Waals surface area contributed by atoms with E-state index in [0.717, 1.165) is 12.0 Å². The second kappa shape index (κ2) is 9.47. The van der Waals surface area contributed by atoms with Crippen LogP contribution in [0.4, 0.5) is 5.69 Å². The van der Waals surface area contributed by atoms with Crippen LogP contribution in [0.2, 0.25) is 0 Å². The average Bonchev–Trinajstić information content (AvgIpc) is 2.61. The van der Waals surface area contributed by atoms with Crippen LogP contribution in [0, 0.1) is 0 Å². The molecule has 1 atom stereocenters. The SMILES string of the molecule is CCC(C(=O)Nc1ccc(OCCCC(=O)O)cc1)c1ccccc1. The molecular formula is C20H23NO4. The summed E-state index contributed by atoms with van der Waals surface area (Å²) in [6.45, 7) is 2.34. The van der Waals surface area contributed by atoms with Crippen LogP contribution >= 0.6 is 0 Å². The van der Waals surface area contributed by atoms with E-state index in [9.17, 15) is 9.59 Å². The number of nitrogens with one attached hydrogen (secondary N) is 1. The van der Waals surface area contributed by atoms with Crippen LogP contribution in [0.25, 0.3) is 0 Å². The highest BCUT2D eigenvalue weighted by Crippen LogP contribution is 2.22. The topological polar surface area (TPSA) is 75.6 Å². The lowest BCUT2D eigenvalue weighted by Crippen LogP contribution is -2.20. The van der Waals surface area contributed by atoms with Crippen LogP contribution in [-0.4, -0.2) is 23.6 Å². The van der Waals surface area contributed by atoms with Gasteiger partial charge in [-0.25, -0.2) is 0 Å². The third kappa shape index (κ3) is 5.95. The molecule has 0 spiro atoms. The summed E-state index contributed by atoms with van der Waals surface area (Å²) < 4.78 is 5.48. The van der Waals surface area contributed by atoms with Crippen molar-refractivity contribution in [1.29, 1.82) is 0 Å². The van der Waals surface area contributed by atoms with Gasteiger partial charge in [-0.2, -0.15) is 0 Å². The number of rotatable bonds is 9. The number of aliphatic carboxylic acids is 1. The van der Waals surface area contributed by atoms with Crippen molar-refractivity contribution in [2.24, 2.45) is 0 Å². The summed E-state index contributed by atoms with van der Waals surface area (Å²) in [5, 5.41) is 11.5. The summed E-state index contributed by atoms with van der Waals surface area (Å²) in [6, 6.07) is 16.8. The van der Waals surface area contributed by atoms with Gasteiger partial charge in [0.05, 0.1) is 12.5 Å². The minimum atomic E-state index is -0.828. The second-order valence-corrected chi connectivity index (χ2v) is 5.73. The molecule has 0 aliphatic rings. The van der Waals surface area contributed by atoms with Crippen LogP contribution < -0.4 is 10.1 Å². The molecule has 2 rings (SSSR count). The first kappa shape index (κ1) is 18.5. The molecule has 0 aliphatic carbocycles. The number of carboxylic acid groups (broad SMARTS) is 1. The molecule has 0 saturated heterocycles. The summed E-state index contributed by atoms with van der Waals surface area (Å²) in [6.07, 6.45) is 1.27. The van der Waals surface area contributed by atoms with E-state index >= 15 is 0 Å². The number of carbonyl (C=O) groups is 2. The maximum absolute atomic E-state index is 12.5. The van der Waals surface area contributed by atoms with E-state index in [4.69, 9.17) is 9.84 Å². The van der Waals surface area contributed by atoms with Crippen molar-refractivity contribution >= 4 is 17.6 Å². The lowest BCUT2D eigenvalue weighted by atomic mass is 9.95. The quantitative estimate of drug-likeness (QED) is 0.674. The smallest absolute Gasteiger partial charge is 0.303 e. The zero-order chi connectivity index (χ0) is 18.1. The van der Waals surface area contributed by atoms with Crippen molar-refractivity contribution in [2.75, 3.05) is 11.9 Å². The Morgan fingerprint density at radius 2 is 1.76 bits per heavy atom. The first-order valence-electron chi connectivity index (χ1n) is 8.40. The Balaban J connectivity index is 1.89. The largest absolute Gasteiger partial charge is 0.494 e. The molecule has 0 aromatic heterocycles. The fourth-order valence-corrected chi connectivity index (χ4v) is 2.54. The van der Waals surface area contributed by atoms with E-state index in [0.29, 0.717) is 24.5 Å². The second-order valence-electron chi connectivity index (χ2n) is 5.73. The number of benzene rings is 2. The molecule has 0 saturated carbocycles. The zero-order valence-corrected chi connectivity index (χ0v) is 14.3. The molecule has 25 heavy (non-hydrogen) atoms. The first-order valence-corrected chi connectivity index (χ1v) is 8.40. The molecule has 5 nitrogen and oxygen atoms in total. The van der Waals surface area contributed by atoms with Crippen molar-refractivity contribution in [1.82, 2.24) is 0 Å². The Morgan fingerprint density at radius 3 is 2.36 bits per heavy atom. The highest BCUT2D eigenvalue weighted by Gasteiger charge is 2.18. The molecule has 2 aromatic rings. The van der Waals surface area contributed by atoms with Crippen LogP contribution in [0.15, 0.2) is 54.6 Å². The van der Waals surface area contributed by atoms with Gasteiger partial charge in [0.2, 0.25) is 5.91 Å². The van der Waals surface area contributed by atoms with Crippen LogP contribution in [0.3, 0.4) is 0 Å². The standard InChI is InChI=1S/C20H23NO4/c1-2-18(15-7-4-3-5-8-15)20(24)21-16-10-12-17(13-11-16)25-14-6-9-19(22)23/h3-5,7-8,10-13,18H,2,6,9,14H2,1H3,(H,21,24)(H,22,23). The van der Waals surface area contributed by atoms with Gasteiger partial charge in [-0.15, -0.1) is 0 Å². The zero-order valence-electron chi connectivity index (χ0n) is 14.3. The average molecular weight is 341 g/mol. The molecule has 1 amide bonds. The lowest BCUT2D eigenvalue weighted by molar-refractivity contribution is -0.137. The minimum absolute atomic E-state index is 0.0381. The van der Waals surface area contributed by atoms with Crippen LogP contribution in [-0.2, 0) is 9.59 Å². The number of carboxylic acids is 1. The van der Waals surface area contributed by atoms with Gasteiger partial charge in [-0.05, 0) is 42.7 Å². The molecule has 0 radical (unpaired) electrons. The highest BCUT2D eigenvalue weighted by atomic mass is 16.5. The van der Waals surface area contributed by atoms with Crippen molar-refractivity contribution in [2.45, 2.75) is 32.1 Å². The summed E-state index contributed by atoms with van der Waals surface area (Å²) >= 11 is 0. The van der Waals surface area contributed by atoms with E-state index < -0.39 is 5.97 Å². The predicted molar refractivity (Wildman–Crippen MR) is 96.9 cm³/mol. The molecular weight excluding hydrogens is 318 g/mol. The Kier molecular flexibility index (Phi) is 7.01. The number of ether oxygens (including phenoxy) is 1. The van der Waals surface area contributed by atoms with Gasteiger partial charge in [0.15, 0.2) is 0 Å². The lowest BCUT2D eigenvalue weighted by Gasteiger charge is -2.15. The molecule has 0 fully saturated rings. The van der Waals surface area contributed by atoms with Gasteiger partial charge in [0, 0.05) is 12.1 Å². The van der Waals surface area contributed by atoms with Gasteiger partial charge in [0.1, 0.15) is 5.75 Å². The summed E-state index contributed by atoms with van der Waals surface area (Å²) in [5.41, 5.74) is 1.71. The van der Waals surface area contributed by atoms with Crippen molar-refractivity contribution < 1.29 is 19.4 Å². The number of hydrogen-bond donors (Lipinski definition) is 2. The number of hydrogen-bond acceptors (Lipinski definition) is 3. The van der Waals surface area contributed by atoms with E-state index in [2.05, 4.69) is 5.32 Å². The molecule has 0 heterocycles. The van der Waals surface area contributed by atoms with Crippen molar-refractivity contribution in [3.05, 3.63) is 60.2 Å². The van der Waals surface area contributed by atoms with E-state index in [1.165, 1.54) is 0 Å². The Morgan fingerprint density at radius 1 is 1.08 bits per heavy atom. The summed E-state index contributed by atoms with van der Waals surface area (Å²) in [4.78, 5) is 23.0. The molecule has 2 N–H and O–H groups in total. The van der Waals surface area contributed by atoms with E-state index in [1.807, 2.05) is 37.3 Å². The molecule has 0 bridgehead atoms. The summed E-state index contributed by atoms with van der Waals surface area (Å²) in [5.74, 6) is -0.402. The first-order chi connectivity index (χ1) is 12.1. The number of carbonyl (C=O) groups excluding carboxylic acids is 1. The fourth-order valence-electron chi connectivity index (χ4n) is 2.54. The van der Waals surface area contributed by atoms with Crippen molar-refractivity contribution in [3.63, 3.8) is 0 Å². The molecule has 0 aliphatic heterocycles. The van der Waals surface area contributed by atoms with Gasteiger partial charge >= 0.3 is 5.97 Å². The highest BCUT2D eigenvalue weighted by molar-refractivity contribution is 5.95. The maximum Gasteiger partial charge on any atom is 0.303 e. The molecule has 1 unspecified atom stereocenters. The monoisotopic (exact) mass is 341 g/mol. The van der Waals surface area contributed by atoms with Gasteiger partial charge in [-0.3, -0.25) is 9.59 Å². The number of anilines is 1. The van der Waals surface area contributed by atoms with E-state index in [1.54, 1.807) is 24.3 Å². The van der Waals surface area contributed by atoms with Gasteiger partial charge < -0.3 is 15.2 Å². The predicted octanol–water partition coefficient (Wildman–Crippen LogP) is 4.06. The Labute approximate surface area is 147 Å². The van der Waals surface area contributed by atoms with Crippen LogP contribution in [0.5, 0.6) is 5.75 Å². The van der Waals surface area contributed by atoms with Gasteiger partial charge in [-0.1, -0.05) is 37.3 Å². The number of amides is 1.